The van der Waals surface area contributed by atoms with Gasteiger partial charge in [0, 0.05) is 0 Å². The van der Waals surface area contributed by atoms with Crippen LogP contribution in [0, 0.1) is 12.8 Å². The molecule has 2 atom stereocenters. The molecule has 1 amide bonds. The smallest absolute Gasteiger partial charge is 0.232 e. The van der Waals surface area contributed by atoms with E-state index < -0.39 is 0 Å². The quantitative estimate of drug-likeness (QED) is 0.834. The molecule has 0 fully saturated rings. The molecule has 23 heavy (non-hydrogen) atoms. The molecule has 0 saturated heterocycles. The summed E-state index contributed by atoms with van der Waals surface area (Å²) in [5.41, 5.74) is 2.86. The van der Waals surface area contributed by atoms with Crippen LogP contribution < -0.4 is 10.1 Å². The van der Waals surface area contributed by atoms with Crippen molar-refractivity contribution in [1.82, 2.24) is 0 Å². The van der Waals surface area contributed by atoms with Gasteiger partial charge in [-0.15, -0.1) is 0 Å². The summed E-state index contributed by atoms with van der Waals surface area (Å²) < 4.78 is 5.36. The fraction of sp³-hybridized carbons (Fsp3) is 0.350. The molecule has 0 aliphatic carbocycles. The van der Waals surface area contributed by atoms with Gasteiger partial charge in [0.1, 0.15) is 5.75 Å². The first-order valence-electron chi connectivity index (χ1n) is 8.07. The van der Waals surface area contributed by atoms with Gasteiger partial charge in [0.05, 0.1) is 18.7 Å². The Morgan fingerprint density at radius 2 is 1.87 bits per heavy atom. The van der Waals surface area contributed by atoms with Crippen molar-refractivity contribution in [2.75, 3.05) is 12.4 Å². The summed E-state index contributed by atoms with van der Waals surface area (Å²) in [6.45, 7) is 6.23. The second-order valence-electron chi connectivity index (χ2n) is 5.97. The fourth-order valence-electron chi connectivity index (χ4n) is 2.76. The molecular weight excluding hydrogens is 286 g/mol. The molecular formula is C20H25NO2. The minimum atomic E-state index is -0.175. The highest BCUT2D eigenvalue weighted by atomic mass is 16.5. The van der Waals surface area contributed by atoms with Crippen molar-refractivity contribution in [3.05, 3.63) is 59.7 Å². The van der Waals surface area contributed by atoms with Gasteiger partial charge >= 0.3 is 0 Å². The van der Waals surface area contributed by atoms with E-state index in [2.05, 4.69) is 19.2 Å². The molecule has 2 aromatic rings. The molecule has 2 aromatic carbocycles. The van der Waals surface area contributed by atoms with Crippen LogP contribution in [0.2, 0.25) is 0 Å². The second-order valence-corrected chi connectivity index (χ2v) is 5.97. The zero-order chi connectivity index (χ0) is 16.8. The van der Waals surface area contributed by atoms with Crippen LogP contribution in [0.5, 0.6) is 5.75 Å². The van der Waals surface area contributed by atoms with Gasteiger partial charge < -0.3 is 10.1 Å². The second kappa shape index (κ2) is 7.82. The Kier molecular flexibility index (Phi) is 5.80. The van der Waals surface area contributed by atoms with E-state index in [1.54, 1.807) is 7.11 Å². The minimum Gasteiger partial charge on any atom is -0.495 e. The number of amides is 1. The topological polar surface area (TPSA) is 38.3 Å². The van der Waals surface area contributed by atoms with Gasteiger partial charge in [0.15, 0.2) is 0 Å². The van der Waals surface area contributed by atoms with Crippen LogP contribution >= 0.6 is 0 Å². The zero-order valence-electron chi connectivity index (χ0n) is 14.3. The highest BCUT2D eigenvalue weighted by Gasteiger charge is 2.26. The van der Waals surface area contributed by atoms with E-state index in [1.807, 2.05) is 55.5 Å². The van der Waals surface area contributed by atoms with E-state index in [0.717, 1.165) is 23.2 Å². The van der Waals surface area contributed by atoms with Crippen LogP contribution in [0.15, 0.2) is 48.5 Å². The zero-order valence-corrected chi connectivity index (χ0v) is 14.3. The number of hydrogen-bond donors (Lipinski definition) is 1. The van der Waals surface area contributed by atoms with Crippen LogP contribution in [0.3, 0.4) is 0 Å². The lowest BCUT2D eigenvalue weighted by molar-refractivity contribution is -0.118. The normalized spacial score (nSPS) is 13.2. The molecule has 0 aromatic heterocycles. The van der Waals surface area contributed by atoms with Crippen molar-refractivity contribution < 1.29 is 9.53 Å². The number of aryl methyl sites for hydroxylation is 1. The molecule has 0 radical (unpaired) electrons. The van der Waals surface area contributed by atoms with Crippen molar-refractivity contribution in [2.24, 2.45) is 5.92 Å². The highest BCUT2D eigenvalue weighted by molar-refractivity contribution is 5.97. The summed E-state index contributed by atoms with van der Waals surface area (Å²) in [6, 6.07) is 15.8. The maximum atomic E-state index is 12.9. The SMILES string of the molecule is CC[C@@H](C)[C@H](C(=O)Nc1cc(C)ccc1OC)c1ccccc1. The summed E-state index contributed by atoms with van der Waals surface area (Å²) in [7, 11) is 1.61. The van der Waals surface area contributed by atoms with Gasteiger partial charge in [-0.05, 0) is 36.1 Å². The molecule has 1 N–H and O–H groups in total. The molecule has 3 heteroatoms. The monoisotopic (exact) mass is 311 g/mol. The maximum Gasteiger partial charge on any atom is 0.232 e. The van der Waals surface area contributed by atoms with Crippen LogP contribution in [-0.2, 0) is 4.79 Å². The molecule has 3 nitrogen and oxygen atoms in total. The highest BCUT2D eigenvalue weighted by Crippen LogP contribution is 2.31. The third-order valence-corrected chi connectivity index (χ3v) is 4.27. The van der Waals surface area contributed by atoms with Gasteiger partial charge in [0.2, 0.25) is 5.91 Å². The largest absolute Gasteiger partial charge is 0.495 e. The van der Waals surface area contributed by atoms with E-state index in [0.29, 0.717) is 5.75 Å². The van der Waals surface area contributed by atoms with E-state index >= 15 is 0 Å². The Bertz CT molecular complexity index is 652. The Balaban J connectivity index is 2.30. The first-order valence-corrected chi connectivity index (χ1v) is 8.07. The predicted molar refractivity (Wildman–Crippen MR) is 95.0 cm³/mol. The average Bonchev–Trinajstić information content (AvgIpc) is 2.56. The van der Waals surface area contributed by atoms with Gasteiger partial charge in [-0.1, -0.05) is 56.7 Å². The molecule has 2 rings (SSSR count). The van der Waals surface area contributed by atoms with E-state index in [9.17, 15) is 4.79 Å². The number of hydrogen-bond acceptors (Lipinski definition) is 2. The number of carbonyl (C=O) groups is 1. The summed E-state index contributed by atoms with van der Waals surface area (Å²) in [6.07, 6.45) is 0.942. The van der Waals surface area contributed by atoms with Crippen molar-refractivity contribution in [3.8, 4) is 5.75 Å². The number of ether oxygens (including phenoxy) is 1. The number of carbonyl (C=O) groups excluding carboxylic acids is 1. The van der Waals surface area contributed by atoms with Crippen LogP contribution in [0.1, 0.15) is 37.3 Å². The molecule has 0 aliphatic heterocycles. The first-order chi connectivity index (χ1) is 11.1. The Morgan fingerprint density at radius 1 is 1.17 bits per heavy atom. The predicted octanol–water partition coefficient (Wildman–Crippen LogP) is 4.77. The summed E-state index contributed by atoms with van der Waals surface area (Å²) >= 11 is 0. The molecule has 0 bridgehead atoms. The van der Waals surface area contributed by atoms with Gasteiger partial charge in [-0.2, -0.15) is 0 Å². The third-order valence-electron chi connectivity index (χ3n) is 4.27. The molecule has 122 valence electrons. The molecule has 0 unspecified atom stereocenters. The van der Waals surface area contributed by atoms with E-state index in [1.165, 1.54) is 0 Å². The molecule has 0 aliphatic rings. The molecule has 0 spiro atoms. The van der Waals surface area contributed by atoms with Crippen molar-refractivity contribution in [1.29, 1.82) is 0 Å². The summed E-state index contributed by atoms with van der Waals surface area (Å²) in [5.74, 6) is 0.772. The van der Waals surface area contributed by atoms with E-state index in [4.69, 9.17) is 4.74 Å². The molecule has 0 heterocycles. The number of methoxy groups -OCH3 is 1. The number of rotatable bonds is 6. The van der Waals surface area contributed by atoms with Gasteiger partial charge in [0.25, 0.3) is 0 Å². The van der Waals surface area contributed by atoms with Gasteiger partial charge in [-0.3, -0.25) is 4.79 Å². The summed E-state index contributed by atoms with van der Waals surface area (Å²) in [4.78, 5) is 12.9. The third kappa shape index (κ3) is 4.13. The number of nitrogens with one attached hydrogen (secondary N) is 1. The Labute approximate surface area is 138 Å². The lowest BCUT2D eigenvalue weighted by Crippen LogP contribution is -2.26. The number of anilines is 1. The lowest BCUT2D eigenvalue weighted by Gasteiger charge is -2.23. The van der Waals surface area contributed by atoms with Crippen molar-refractivity contribution in [3.63, 3.8) is 0 Å². The average molecular weight is 311 g/mol. The fourth-order valence-corrected chi connectivity index (χ4v) is 2.76. The van der Waals surface area contributed by atoms with Crippen LogP contribution in [0.4, 0.5) is 5.69 Å². The summed E-state index contributed by atoms with van der Waals surface area (Å²) in [5, 5.41) is 3.05. The molecule has 0 saturated carbocycles. The van der Waals surface area contributed by atoms with Gasteiger partial charge in [-0.25, -0.2) is 0 Å². The maximum absolute atomic E-state index is 12.9. The Hall–Kier alpha value is -2.29. The van der Waals surface area contributed by atoms with Crippen molar-refractivity contribution in [2.45, 2.75) is 33.1 Å². The standard InChI is InChI=1S/C20H25NO2/c1-5-15(3)19(16-9-7-6-8-10-16)20(22)21-17-13-14(2)11-12-18(17)23-4/h6-13,15,19H,5H2,1-4H3,(H,21,22)/t15-,19+/m1/s1. The lowest BCUT2D eigenvalue weighted by atomic mass is 9.85. The van der Waals surface area contributed by atoms with Crippen LogP contribution in [0.25, 0.3) is 0 Å². The van der Waals surface area contributed by atoms with E-state index in [-0.39, 0.29) is 17.7 Å². The minimum absolute atomic E-state index is 0.00875. The first kappa shape index (κ1) is 17.1. The van der Waals surface area contributed by atoms with Crippen molar-refractivity contribution >= 4 is 11.6 Å². The Morgan fingerprint density at radius 3 is 2.48 bits per heavy atom. The van der Waals surface area contributed by atoms with Crippen LogP contribution in [-0.4, -0.2) is 13.0 Å². The number of benzene rings is 2.